The lowest BCUT2D eigenvalue weighted by Gasteiger charge is -2.27. The van der Waals surface area contributed by atoms with Gasteiger partial charge in [0, 0.05) is 13.5 Å². The maximum atomic E-state index is 12.7. The van der Waals surface area contributed by atoms with Crippen molar-refractivity contribution in [2.75, 3.05) is 12.0 Å². The van der Waals surface area contributed by atoms with E-state index in [1.165, 1.54) is 12.0 Å². The van der Waals surface area contributed by atoms with Gasteiger partial charge in [0.15, 0.2) is 5.11 Å². The van der Waals surface area contributed by atoms with Crippen molar-refractivity contribution in [2.45, 2.75) is 26.0 Å². The average molecular weight is 278 g/mol. The first-order valence-electron chi connectivity index (χ1n) is 6.27. The van der Waals surface area contributed by atoms with Crippen LogP contribution in [0.5, 0.6) is 0 Å². The lowest BCUT2D eigenvalue weighted by atomic mass is 10.00. The molecule has 0 bridgehead atoms. The van der Waals surface area contributed by atoms with Gasteiger partial charge in [-0.1, -0.05) is 32.0 Å². The molecular formula is C14H18N2O2S. The summed E-state index contributed by atoms with van der Waals surface area (Å²) in [6.45, 7) is 4.09. The van der Waals surface area contributed by atoms with E-state index in [0.717, 1.165) is 5.69 Å². The Morgan fingerprint density at radius 2 is 2.00 bits per heavy atom. The standard InChI is InChI=1S/C14H18N2O2S/c1-10(2)9-14(18-3)12(17)16(13(19)15-14)11-7-5-4-6-8-11/h4-8,10H,9H2,1-3H3,(H,15,19). The molecule has 19 heavy (non-hydrogen) atoms. The van der Waals surface area contributed by atoms with Crippen LogP contribution in [0.4, 0.5) is 5.69 Å². The fourth-order valence-electron chi connectivity index (χ4n) is 2.30. The van der Waals surface area contributed by atoms with Gasteiger partial charge in [-0.3, -0.25) is 9.69 Å². The van der Waals surface area contributed by atoms with Crippen LogP contribution in [0.25, 0.3) is 0 Å². The van der Waals surface area contributed by atoms with Gasteiger partial charge in [-0.05, 0) is 30.3 Å². The zero-order valence-corrected chi connectivity index (χ0v) is 12.2. The minimum Gasteiger partial charge on any atom is -0.350 e. The maximum Gasteiger partial charge on any atom is 0.286 e. The third-order valence-electron chi connectivity index (χ3n) is 3.12. The third-order valence-corrected chi connectivity index (χ3v) is 3.40. The summed E-state index contributed by atoms with van der Waals surface area (Å²) in [7, 11) is 1.53. The molecule has 1 aliphatic rings. The van der Waals surface area contributed by atoms with Crippen LogP contribution in [-0.4, -0.2) is 23.9 Å². The molecule has 0 radical (unpaired) electrons. The maximum absolute atomic E-state index is 12.7. The van der Waals surface area contributed by atoms with Gasteiger partial charge in [-0.15, -0.1) is 0 Å². The quantitative estimate of drug-likeness (QED) is 0.858. The number of hydrogen-bond acceptors (Lipinski definition) is 3. The number of para-hydroxylation sites is 1. The largest absolute Gasteiger partial charge is 0.350 e. The predicted molar refractivity (Wildman–Crippen MR) is 78.9 cm³/mol. The van der Waals surface area contributed by atoms with Crippen molar-refractivity contribution in [1.82, 2.24) is 5.32 Å². The highest BCUT2D eigenvalue weighted by atomic mass is 32.1. The molecule has 5 heteroatoms. The van der Waals surface area contributed by atoms with Crippen LogP contribution in [0.15, 0.2) is 30.3 Å². The van der Waals surface area contributed by atoms with Crippen molar-refractivity contribution < 1.29 is 9.53 Å². The van der Waals surface area contributed by atoms with Crippen molar-refractivity contribution in [3.63, 3.8) is 0 Å². The summed E-state index contributed by atoms with van der Waals surface area (Å²) >= 11 is 5.28. The minimum atomic E-state index is -1.04. The van der Waals surface area contributed by atoms with Gasteiger partial charge in [0.05, 0.1) is 5.69 Å². The highest BCUT2D eigenvalue weighted by Crippen LogP contribution is 2.29. The first-order chi connectivity index (χ1) is 9.00. The highest BCUT2D eigenvalue weighted by molar-refractivity contribution is 7.80. The van der Waals surface area contributed by atoms with E-state index in [0.29, 0.717) is 17.5 Å². The summed E-state index contributed by atoms with van der Waals surface area (Å²) in [6, 6.07) is 9.36. The van der Waals surface area contributed by atoms with E-state index in [2.05, 4.69) is 5.32 Å². The molecule has 0 spiro atoms. The number of nitrogens with one attached hydrogen (secondary N) is 1. The number of ether oxygens (including phenoxy) is 1. The zero-order chi connectivity index (χ0) is 14.0. The van der Waals surface area contributed by atoms with Crippen LogP contribution in [0.1, 0.15) is 20.3 Å². The van der Waals surface area contributed by atoms with Crippen LogP contribution in [0, 0.1) is 5.92 Å². The molecule has 1 N–H and O–H groups in total. The van der Waals surface area contributed by atoms with E-state index in [9.17, 15) is 4.79 Å². The minimum absolute atomic E-state index is 0.153. The first kappa shape index (κ1) is 14.0. The van der Waals surface area contributed by atoms with E-state index in [-0.39, 0.29) is 5.91 Å². The predicted octanol–water partition coefficient (Wildman–Crippen LogP) is 2.30. The lowest BCUT2D eigenvalue weighted by molar-refractivity contribution is -0.140. The zero-order valence-electron chi connectivity index (χ0n) is 11.3. The molecular weight excluding hydrogens is 260 g/mol. The van der Waals surface area contributed by atoms with E-state index in [4.69, 9.17) is 17.0 Å². The normalized spacial score (nSPS) is 23.1. The molecule has 2 rings (SSSR count). The number of carbonyl (C=O) groups is 1. The Kier molecular flexibility index (Phi) is 3.87. The number of carbonyl (C=O) groups excluding carboxylic acids is 1. The monoisotopic (exact) mass is 278 g/mol. The number of amides is 1. The molecule has 4 nitrogen and oxygen atoms in total. The number of thiocarbonyl (C=S) groups is 1. The molecule has 1 aliphatic heterocycles. The summed E-state index contributed by atoms with van der Waals surface area (Å²) in [5.74, 6) is 0.162. The molecule has 0 saturated carbocycles. The number of rotatable bonds is 4. The van der Waals surface area contributed by atoms with Crippen LogP contribution in [0.2, 0.25) is 0 Å². The SMILES string of the molecule is COC1(CC(C)C)NC(=S)N(c2ccccc2)C1=O. The molecule has 0 aliphatic carbocycles. The van der Waals surface area contributed by atoms with Crippen LogP contribution < -0.4 is 10.2 Å². The summed E-state index contributed by atoms with van der Waals surface area (Å²) in [6.07, 6.45) is 0.575. The van der Waals surface area contributed by atoms with Crippen molar-refractivity contribution in [3.8, 4) is 0 Å². The molecule has 1 heterocycles. The summed E-state index contributed by atoms with van der Waals surface area (Å²) < 4.78 is 5.45. The van der Waals surface area contributed by atoms with E-state index in [1.54, 1.807) is 0 Å². The van der Waals surface area contributed by atoms with Gasteiger partial charge in [0.25, 0.3) is 5.91 Å². The number of nitrogens with zero attached hydrogens (tertiary/aromatic N) is 1. The van der Waals surface area contributed by atoms with E-state index >= 15 is 0 Å². The Morgan fingerprint density at radius 3 is 2.53 bits per heavy atom. The molecule has 0 aromatic heterocycles. The lowest BCUT2D eigenvalue weighted by Crippen LogP contribution is -2.49. The second-order valence-electron chi connectivity index (χ2n) is 5.04. The number of hydrogen-bond donors (Lipinski definition) is 1. The second-order valence-corrected chi connectivity index (χ2v) is 5.42. The van der Waals surface area contributed by atoms with Gasteiger partial charge in [0.2, 0.25) is 5.72 Å². The van der Waals surface area contributed by atoms with Gasteiger partial charge < -0.3 is 10.1 Å². The number of anilines is 1. The fourth-order valence-corrected chi connectivity index (χ4v) is 2.65. The highest BCUT2D eigenvalue weighted by Gasteiger charge is 2.50. The number of methoxy groups -OCH3 is 1. The van der Waals surface area contributed by atoms with Gasteiger partial charge in [0.1, 0.15) is 0 Å². The van der Waals surface area contributed by atoms with Crippen molar-refractivity contribution >= 4 is 28.9 Å². The Balaban J connectivity index is 2.35. The fraction of sp³-hybridized carbons (Fsp3) is 0.429. The molecule has 1 fully saturated rings. The second kappa shape index (κ2) is 5.27. The Morgan fingerprint density at radius 1 is 1.37 bits per heavy atom. The molecule has 1 aromatic rings. The molecule has 1 amide bonds. The van der Waals surface area contributed by atoms with E-state index in [1.807, 2.05) is 44.2 Å². The molecule has 1 atom stereocenters. The summed E-state index contributed by atoms with van der Waals surface area (Å²) in [4.78, 5) is 14.2. The van der Waals surface area contributed by atoms with Gasteiger partial charge >= 0.3 is 0 Å². The molecule has 102 valence electrons. The smallest absolute Gasteiger partial charge is 0.286 e. The topological polar surface area (TPSA) is 41.6 Å². The third kappa shape index (κ3) is 2.48. The number of benzene rings is 1. The Labute approximate surface area is 118 Å². The Hall–Kier alpha value is -1.46. The molecule has 1 saturated heterocycles. The van der Waals surface area contributed by atoms with Gasteiger partial charge in [-0.2, -0.15) is 0 Å². The van der Waals surface area contributed by atoms with Crippen LogP contribution in [0.3, 0.4) is 0 Å². The van der Waals surface area contributed by atoms with Crippen molar-refractivity contribution in [2.24, 2.45) is 5.92 Å². The molecule has 1 unspecified atom stereocenters. The molecule has 1 aromatic carbocycles. The van der Waals surface area contributed by atoms with Crippen molar-refractivity contribution in [1.29, 1.82) is 0 Å². The van der Waals surface area contributed by atoms with Crippen LogP contribution >= 0.6 is 12.2 Å². The average Bonchev–Trinajstić information content (AvgIpc) is 2.62. The van der Waals surface area contributed by atoms with Crippen LogP contribution in [-0.2, 0) is 9.53 Å². The van der Waals surface area contributed by atoms with E-state index < -0.39 is 5.72 Å². The van der Waals surface area contributed by atoms with Gasteiger partial charge in [-0.25, -0.2) is 0 Å². The summed E-state index contributed by atoms with van der Waals surface area (Å²) in [5.41, 5.74) is -0.283. The van der Waals surface area contributed by atoms with Crippen molar-refractivity contribution in [3.05, 3.63) is 30.3 Å². The first-order valence-corrected chi connectivity index (χ1v) is 6.68. The Bertz CT molecular complexity index is 489. The summed E-state index contributed by atoms with van der Waals surface area (Å²) in [5, 5.41) is 3.42.